The Morgan fingerprint density at radius 3 is 2.48 bits per heavy atom. The van der Waals surface area contributed by atoms with Crippen LogP contribution in [0, 0.1) is 0 Å². The van der Waals surface area contributed by atoms with Gasteiger partial charge < -0.3 is 10.6 Å². The van der Waals surface area contributed by atoms with Gasteiger partial charge in [0.1, 0.15) is 0 Å². The zero-order valence-electron chi connectivity index (χ0n) is 12.3. The van der Waals surface area contributed by atoms with Crippen molar-refractivity contribution in [2.75, 3.05) is 16.4 Å². The number of nitrogens with zero attached hydrogens (tertiary/aromatic N) is 1. The number of carbonyl (C=O) groups is 1. The van der Waals surface area contributed by atoms with Gasteiger partial charge in [-0.1, -0.05) is 24.3 Å². The van der Waals surface area contributed by atoms with E-state index in [4.69, 9.17) is 5.73 Å². The monoisotopic (exact) mass is 300 g/mol. The minimum absolute atomic E-state index is 0.101. The van der Waals surface area contributed by atoms with Gasteiger partial charge >= 0.3 is 0 Å². The van der Waals surface area contributed by atoms with Crippen molar-refractivity contribution in [1.29, 1.82) is 0 Å². The highest BCUT2D eigenvalue weighted by atomic mass is 32.2. The van der Waals surface area contributed by atoms with Crippen molar-refractivity contribution >= 4 is 29.0 Å². The molecular weight excluding hydrogens is 280 g/mol. The lowest BCUT2D eigenvalue weighted by Crippen LogP contribution is -2.38. The Balaban J connectivity index is 2.06. The van der Waals surface area contributed by atoms with Crippen LogP contribution < -0.4 is 10.6 Å². The molecule has 2 rings (SSSR count). The second-order valence-electron chi connectivity index (χ2n) is 5.05. The van der Waals surface area contributed by atoms with Gasteiger partial charge in [-0.3, -0.25) is 4.79 Å². The molecule has 2 aromatic rings. The highest BCUT2D eigenvalue weighted by Gasteiger charge is 2.18. The summed E-state index contributed by atoms with van der Waals surface area (Å²) >= 11 is 1.51. The molecule has 21 heavy (non-hydrogen) atoms. The van der Waals surface area contributed by atoms with Crippen molar-refractivity contribution < 1.29 is 4.79 Å². The second-order valence-corrected chi connectivity index (χ2v) is 6.10. The van der Waals surface area contributed by atoms with Crippen LogP contribution in [-0.2, 0) is 4.79 Å². The number of hydrogen-bond donors (Lipinski definition) is 1. The highest BCUT2D eigenvalue weighted by molar-refractivity contribution is 8.00. The second kappa shape index (κ2) is 7.18. The molecule has 0 saturated carbocycles. The fraction of sp³-hybridized carbons (Fsp3) is 0.235. The molecule has 3 nitrogen and oxygen atoms in total. The van der Waals surface area contributed by atoms with Crippen LogP contribution in [0.2, 0.25) is 0 Å². The van der Waals surface area contributed by atoms with Crippen molar-refractivity contribution in [1.82, 2.24) is 0 Å². The maximum Gasteiger partial charge on any atom is 0.237 e. The minimum atomic E-state index is 0.101. The summed E-state index contributed by atoms with van der Waals surface area (Å²) in [5, 5.41) is 0. The van der Waals surface area contributed by atoms with E-state index in [-0.39, 0.29) is 11.9 Å². The first-order valence-corrected chi connectivity index (χ1v) is 7.92. The van der Waals surface area contributed by atoms with Crippen LogP contribution >= 0.6 is 11.8 Å². The molecule has 4 heteroatoms. The molecule has 0 heterocycles. The molecular formula is C17H20N2OS. The molecule has 0 bridgehead atoms. The summed E-state index contributed by atoms with van der Waals surface area (Å²) in [6.07, 6.45) is 0. The van der Waals surface area contributed by atoms with Crippen LogP contribution in [0.3, 0.4) is 0 Å². The zero-order chi connectivity index (χ0) is 15.2. The zero-order valence-corrected chi connectivity index (χ0v) is 13.1. The van der Waals surface area contributed by atoms with Crippen molar-refractivity contribution in [2.24, 2.45) is 0 Å². The third kappa shape index (κ3) is 4.26. The first-order chi connectivity index (χ1) is 10.1. The molecule has 2 N–H and O–H groups in total. The third-order valence-electron chi connectivity index (χ3n) is 3.04. The average molecular weight is 300 g/mol. The number of anilines is 2. The Hall–Kier alpha value is -1.94. The van der Waals surface area contributed by atoms with E-state index in [2.05, 4.69) is 0 Å². The van der Waals surface area contributed by atoms with E-state index in [0.717, 1.165) is 16.3 Å². The summed E-state index contributed by atoms with van der Waals surface area (Å²) in [6.45, 7) is 4.05. The van der Waals surface area contributed by atoms with E-state index in [9.17, 15) is 4.79 Å². The number of hydrogen-bond acceptors (Lipinski definition) is 3. The van der Waals surface area contributed by atoms with Crippen LogP contribution in [-0.4, -0.2) is 17.7 Å². The number of carbonyl (C=O) groups excluding carboxylic acids is 1. The molecule has 0 unspecified atom stereocenters. The largest absolute Gasteiger partial charge is 0.399 e. The summed E-state index contributed by atoms with van der Waals surface area (Å²) in [6, 6.07) is 17.5. The van der Waals surface area contributed by atoms with Gasteiger partial charge in [0.05, 0.1) is 5.75 Å². The predicted octanol–water partition coefficient (Wildman–Crippen LogP) is 3.80. The van der Waals surface area contributed by atoms with E-state index in [0.29, 0.717) is 5.75 Å². The topological polar surface area (TPSA) is 46.3 Å². The van der Waals surface area contributed by atoms with Crippen LogP contribution in [0.4, 0.5) is 11.4 Å². The van der Waals surface area contributed by atoms with Gasteiger partial charge in [0.15, 0.2) is 0 Å². The normalized spacial score (nSPS) is 10.6. The fourth-order valence-electron chi connectivity index (χ4n) is 2.14. The van der Waals surface area contributed by atoms with Gasteiger partial charge in [-0.2, -0.15) is 0 Å². The van der Waals surface area contributed by atoms with E-state index in [1.807, 2.05) is 73.3 Å². The van der Waals surface area contributed by atoms with Gasteiger partial charge in [0.2, 0.25) is 5.91 Å². The van der Waals surface area contributed by atoms with Crippen molar-refractivity contribution in [2.45, 2.75) is 24.8 Å². The molecule has 0 fully saturated rings. The molecule has 0 radical (unpaired) electrons. The quantitative estimate of drug-likeness (QED) is 0.675. The van der Waals surface area contributed by atoms with Crippen LogP contribution in [0.15, 0.2) is 59.5 Å². The third-order valence-corrected chi connectivity index (χ3v) is 4.02. The van der Waals surface area contributed by atoms with Gasteiger partial charge in [-0.05, 0) is 44.2 Å². The van der Waals surface area contributed by atoms with Crippen LogP contribution in [0.25, 0.3) is 0 Å². The number of nitrogens with two attached hydrogens (primary N) is 1. The van der Waals surface area contributed by atoms with Gasteiger partial charge in [0.25, 0.3) is 0 Å². The molecule has 0 atom stereocenters. The SMILES string of the molecule is CC(C)N(C(=O)CSc1cccc(N)c1)c1ccccc1. The maximum absolute atomic E-state index is 12.5. The summed E-state index contributed by atoms with van der Waals surface area (Å²) < 4.78 is 0. The molecule has 0 aliphatic carbocycles. The fourth-order valence-corrected chi connectivity index (χ4v) is 2.96. The summed E-state index contributed by atoms with van der Waals surface area (Å²) in [7, 11) is 0. The molecule has 0 spiro atoms. The van der Waals surface area contributed by atoms with Gasteiger partial charge in [-0.25, -0.2) is 0 Å². The number of rotatable bonds is 5. The standard InChI is InChI=1S/C17H20N2OS/c1-13(2)19(15-8-4-3-5-9-15)17(20)12-21-16-10-6-7-14(18)11-16/h3-11,13H,12,18H2,1-2H3. The van der Waals surface area contributed by atoms with E-state index >= 15 is 0 Å². The van der Waals surface area contributed by atoms with Crippen LogP contribution in [0.5, 0.6) is 0 Å². The molecule has 2 aromatic carbocycles. The van der Waals surface area contributed by atoms with Crippen LogP contribution in [0.1, 0.15) is 13.8 Å². The lowest BCUT2D eigenvalue weighted by Gasteiger charge is -2.26. The molecule has 0 saturated heterocycles. The first kappa shape index (κ1) is 15.4. The molecule has 0 aliphatic heterocycles. The Morgan fingerprint density at radius 2 is 1.86 bits per heavy atom. The number of benzene rings is 2. The minimum Gasteiger partial charge on any atom is -0.399 e. The number of amides is 1. The summed E-state index contributed by atoms with van der Waals surface area (Å²) in [4.78, 5) is 15.4. The number of para-hydroxylation sites is 1. The maximum atomic E-state index is 12.5. The Bertz CT molecular complexity index is 599. The first-order valence-electron chi connectivity index (χ1n) is 6.93. The van der Waals surface area contributed by atoms with E-state index in [1.54, 1.807) is 0 Å². The predicted molar refractivity (Wildman–Crippen MR) is 90.6 cm³/mol. The highest BCUT2D eigenvalue weighted by Crippen LogP contribution is 2.23. The Morgan fingerprint density at radius 1 is 1.14 bits per heavy atom. The number of nitrogen functional groups attached to an aromatic ring is 1. The Kier molecular flexibility index (Phi) is 5.28. The molecule has 1 amide bonds. The van der Waals surface area contributed by atoms with E-state index in [1.165, 1.54) is 11.8 Å². The van der Waals surface area contributed by atoms with Crippen molar-refractivity contribution in [3.63, 3.8) is 0 Å². The average Bonchev–Trinajstić information content (AvgIpc) is 2.46. The smallest absolute Gasteiger partial charge is 0.237 e. The lowest BCUT2D eigenvalue weighted by molar-refractivity contribution is -0.116. The van der Waals surface area contributed by atoms with E-state index < -0.39 is 0 Å². The summed E-state index contributed by atoms with van der Waals surface area (Å²) in [5.41, 5.74) is 7.41. The molecule has 0 aromatic heterocycles. The number of thioether (sulfide) groups is 1. The van der Waals surface area contributed by atoms with Gasteiger partial charge in [0, 0.05) is 22.3 Å². The molecule has 0 aliphatic rings. The Labute approximate surface area is 130 Å². The molecule has 110 valence electrons. The summed E-state index contributed by atoms with van der Waals surface area (Å²) in [5.74, 6) is 0.500. The van der Waals surface area contributed by atoms with Crippen molar-refractivity contribution in [3.8, 4) is 0 Å². The lowest BCUT2D eigenvalue weighted by atomic mass is 10.2. The van der Waals surface area contributed by atoms with Gasteiger partial charge in [-0.15, -0.1) is 11.8 Å². The van der Waals surface area contributed by atoms with Crippen molar-refractivity contribution in [3.05, 3.63) is 54.6 Å².